The fourth-order valence-electron chi connectivity index (χ4n) is 3.96. The van der Waals surface area contributed by atoms with E-state index in [0.29, 0.717) is 13.1 Å². The van der Waals surface area contributed by atoms with E-state index in [1.807, 2.05) is 36.3 Å². The Hall–Kier alpha value is -3.33. The minimum Gasteiger partial charge on any atom is -0.355 e. The van der Waals surface area contributed by atoms with Crippen LogP contribution in [0.25, 0.3) is 11.3 Å². The molecule has 31 heavy (non-hydrogen) atoms. The zero-order valence-corrected chi connectivity index (χ0v) is 17.6. The van der Waals surface area contributed by atoms with Gasteiger partial charge in [-0.1, -0.05) is 5.16 Å². The van der Waals surface area contributed by atoms with Crippen LogP contribution in [0, 0.1) is 18.6 Å². The minimum absolute atomic E-state index is 0.0160. The number of hydrogen-bond donors (Lipinski definition) is 0. The highest BCUT2D eigenvalue weighted by Gasteiger charge is 2.33. The first-order valence-corrected chi connectivity index (χ1v) is 10.6. The van der Waals surface area contributed by atoms with Gasteiger partial charge in [-0.25, -0.2) is 8.78 Å². The summed E-state index contributed by atoms with van der Waals surface area (Å²) in [5, 5.41) is 10.2. The van der Waals surface area contributed by atoms with E-state index in [1.165, 1.54) is 17.0 Å². The number of halogens is 2. The molecule has 1 atom stereocenters. The van der Waals surface area contributed by atoms with Crippen molar-refractivity contribution in [1.29, 1.82) is 0 Å². The van der Waals surface area contributed by atoms with E-state index in [4.69, 9.17) is 4.52 Å². The quantitative estimate of drug-likeness (QED) is 0.470. The number of benzene rings is 1. The summed E-state index contributed by atoms with van der Waals surface area (Å²) in [7, 11) is 1.89. The Morgan fingerprint density at radius 1 is 1.26 bits per heavy atom. The zero-order chi connectivity index (χ0) is 21.7. The predicted octanol–water partition coefficient (Wildman–Crippen LogP) is 4.51. The van der Waals surface area contributed by atoms with Crippen molar-refractivity contribution in [1.82, 2.24) is 19.8 Å². The first kappa shape index (κ1) is 19.6. The molecule has 9 heteroatoms. The summed E-state index contributed by atoms with van der Waals surface area (Å²) >= 11 is 1.68. The van der Waals surface area contributed by atoms with Gasteiger partial charge in [0, 0.05) is 54.3 Å². The molecule has 3 aromatic heterocycles. The predicted molar refractivity (Wildman–Crippen MR) is 111 cm³/mol. The summed E-state index contributed by atoms with van der Waals surface area (Å²) in [6, 6.07) is 6.58. The maximum atomic E-state index is 14.1. The van der Waals surface area contributed by atoms with Crippen molar-refractivity contribution in [2.45, 2.75) is 19.4 Å². The fraction of sp³-hybridized carbons (Fsp3) is 0.227. The number of rotatable bonds is 3. The Morgan fingerprint density at radius 3 is 2.84 bits per heavy atom. The van der Waals surface area contributed by atoms with Gasteiger partial charge < -0.3 is 9.42 Å². The van der Waals surface area contributed by atoms with Crippen LogP contribution in [0.5, 0.6) is 0 Å². The van der Waals surface area contributed by atoms with Crippen molar-refractivity contribution in [3.63, 3.8) is 0 Å². The number of aromatic nitrogens is 3. The van der Waals surface area contributed by atoms with E-state index in [9.17, 15) is 13.6 Å². The molecule has 5 rings (SSSR count). The monoisotopic (exact) mass is 440 g/mol. The van der Waals surface area contributed by atoms with Gasteiger partial charge in [0.15, 0.2) is 11.5 Å². The van der Waals surface area contributed by atoms with Crippen LogP contribution in [0.15, 0.2) is 46.4 Å². The number of fused-ring (bicyclic) bond motifs is 1. The third-order valence-electron chi connectivity index (χ3n) is 5.72. The molecule has 0 spiro atoms. The molecule has 1 aliphatic rings. The first-order chi connectivity index (χ1) is 14.9. The Labute approximate surface area is 180 Å². The van der Waals surface area contributed by atoms with Gasteiger partial charge in [-0.3, -0.25) is 9.48 Å². The Kier molecular flexibility index (Phi) is 4.70. The van der Waals surface area contributed by atoms with Crippen LogP contribution >= 0.6 is 11.3 Å². The maximum absolute atomic E-state index is 14.1. The van der Waals surface area contributed by atoms with E-state index in [2.05, 4.69) is 10.3 Å². The SMILES string of the molecule is Cc1c([C@@H]2CN(C(=O)c3cc(-c4ccc(F)cc4F)on3)Cc3ccsc32)cnn1C. The third kappa shape index (κ3) is 3.34. The molecule has 0 fully saturated rings. The van der Waals surface area contributed by atoms with Gasteiger partial charge in [-0.15, -0.1) is 11.3 Å². The van der Waals surface area contributed by atoms with E-state index in [0.717, 1.165) is 29.0 Å². The van der Waals surface area contributed by atoms with Crippen LogP contribution in [0.3, 0.4) is 0 Å². The van der Waals surface area contributed by atoms with Crippen molar-refractivity contribution in [3.8, 4) is 11.3 Å². The van der Waals surface area contributed by atoms with Crippen molar-refractivity contribution >= 4 is 17.2 Å². The summed E-state index contributed by atoms with van der Waals surface area (Å²) in [5.74, 6) is -1.67. The van der Waals surface area contributed by atoms with Gasteiger partial charge >= 0.3 is 0 Å². The first-order valence-electron chi connectivity index (χ1n) is 9.68. The van der Waals surface area contributed by atoms with Gasteiger partial charge in [-0.05, 0) is 36.1 Å². The van der Waals surface area contributed by atoms with Gasteiger partial charge in [-0.2, -0.15) is 5.10 Å². The largest absolute Gasteiger partial charge is 0.355 e. The van der Waals surface area contributed by atoms with Gasteiger partial charge in [0.1, 0.15) is 11.6 Å². The molecule has 0 aliphatic carbocycles. The topological polar surface area (TPSA) is 64.2 Å². The highest BCUT2D eigenvalue weighted by molar-refractivity contribution is 7.10. The second kappa shape index (κ2) is 7.42. The van der Waals surface area contributed by atoms with Gasteiger partial charge in [0.05, 0.1) is 11.8 Å². The number of carbonyl (C=O) groups is 1. The Balaban J connectivity index is 1.45. The molecule has 4 aromatic rings. The Morgan fingerprint density at radius 2 is 2.10 bits per heavy atom. The number of thiophene rings is 1. The highest BCUT2D eigenvalue weighted by Crippen LogP contribution is 2.38. The molecule has 0 radical (unpaired) electrons. The van der Waals surface area contributed by atoms with Crippen molar-refractivity contribution in [3.05, 3.63) is 80.9 Å². The molecule has 0 saturated carbocycles. The van der Waals surface area contributed by atoms with Crippen LogP contribution in [0.2, 0.25) is 0 Å². The van der Waals surface area contributed by atoms with Crippen LogP contribution in [0.4, 0.5) is 8.78 Å². The summed E-state index contributed by atoms with van der Waals surface area (Å²) in [4.78, 5) is 16.2. The molecule has 1 amide bonds. The third-order valence-corrected chi connectivity index (χ3v) is 6.80. The molecular weight excluding hydrogens is 422 g/mol. The van der Waals surface area contributed by atoms with E-state index in [1.54, 1.807) is 16.2 Å². The minimum atomic E-state index is -0.775. The number of nitrogens with zero attached hydrogens (tertiary/aromatic N) is 4. The number of amides is 1. The number of aryl methyl sites for hydroxylation is 1. The van der Waals surface area contributed by atoms with Crippen molar-refractivity contribution in [2.75, 3.05) is 6.54 Å². The average Bonchev–Trinajstić information content (AvgIpc) is 3.48. The molecule has 0 saturated heterocycles. The second-order valence-electron chi connectivity index (χ2n) is 7.56. The standard InChI is InChI=1S/C22H18F2N4O2S/c1-12-16(9-25-27(12)2)17-11-28(10-13-5-6-31-21(13)17)22(29)19-8-20(30-26-19)15-4-3-14(23)7-18(15)24/h3-9,17H,10-11H2,1-2H3/t17-/m0/s1. The molecule has 4 heterocycles. The van der Waals surface area contributed by atoms with Crippen LogP contribution in [0.1, 0.15) is 38.1 Å². The van der Waals surface area contributed by atoms with E-state index in [-0.39, 0.29) is 28.8 Å². The lowest BCUT2D eigenvalue weighted by molar-refractivity contribution is 0.0716. The van der Waals surface area contributed by atoms with Crippen molar-refractivity contribution < 1.29 is 18.1 Å². The molecule has 1 aliphatic heterocycles. The maximum Gasteiger partial charge on any atom is 0.276 e. The Bertz CT molecular complexity index is 1290. The number of carbonyl (C=O) groups excluding carboxylic acids is 1. The average molecular weight is 440 g/mol. The van der Waals surface area contributed by atoms with Crippen LogP contribution in [-0.2, 0) is 13.6 Å². The molecule has 1 aromatic carbocycles. The lowest BCUT2D eigenvalue weighted by atomic mass is 9.91. The summed E-state index contributed by atoms with van der Waals surface area (Å²) in [5.41, 5.74) is 3.35. The van der Waals surface area contributed by atoms with Gasteiger partial charge in [0.25, 0.3) is 5.91 Å². The lowest BCUT2D eigenvalue weighted by Crippen LogP contribution is -2.38. The van der Waals surface area contributed by atoms with Crippen molar-refractivity contribution in [2.24, 2.45) is 7.05 Å². The number of hydrogen-bond acceptors (Lipinski definition) is 5. The summed E-state index contributed by atoms with van der Waals surface area (Å²) in [6.45, 7) is 2.95. The molecule has 158 valence electrons. The smallest absolute Gasteiger partial charge is 0.276 e. The summed E-state index contributed by atoms with van der Waals surface area (Å²) in [6.07, 6.45) is 1.85. The fourth-order valence-corrected chi connectivity index (χ4v) is 4.99. The van der Waals surface area contributed by atoms with Crippen LogP contribution in [-0.4, -0.2) is 32.3 Å². The molecular formula is C22H18F2N4O2S. The lowest BCUT2D eigenvalue weighted by Gasteiger charge is -2.32. The van der Waals surface area contributed by atoms with Crippen LogP contribution < -0.4 is 0 Å². The van der Waals surface area contributed by atoms with E-state index < -0.39 is 11.6 Å². The molecule has 0 unspecified atom stereocenters. The highest BCUT2D eigenvalue weighted by atomic mass is 32.1. The van der Waals surface area contributed by atoms with E-state index >= 15 is 0 Å². The zero-order valence-electron chi connectivity index (χ0n) is 16.8. The molecule has 0 N–H and O–H groups in total. The van der Waals surface area contributed by atoms with Gasteiger partial charge in [0.2, 0.25) is 0 Å². The summed E-state index contributed by atoms with van der Waals surface area (Å²) < 4.78 is 34.3. The molecule has 6 nitrogen and oxygen atoms in total. The normalized spacial score (nSPS) is 15.9. The molecule has 0 bridgehead atoms. The second-order valence-corrected chi connectivity index (χ2v) is 8.51.